The molecule has 0 aromatic heterocycles. The summed E-state index contributed by atoms with van der Waals surface area (Å²) in [4.78, 5) is 0. The zero-order chi connectivity index (χ0) is 11.1. The number of benzene rings is 1. The van der Waals surface area contributed by atoms with Gasteiger partial charge in [-0.2, -0.15) is 0 Å². The number of rotatable bonds is 2. The summed E-state index contributed by atoms with van der Waals surface area (Å²) in [6.07, 6.45) is -2.78. The van der Waals surface area contributed by atoms with Gasteiger partial charge >= 0.3 is 0 Å². The maximum atomic E-state index is 13.0. The summed E-state index contributed by atoms with van der Waals surface area (Å²) in [5.41, 5.74) is 4.67. The van der Waals surface area contributed by atoms with E-state index in [1.807, 2.05) is 13.8 Å². The summed E-state index contributed by atoms with van der Waals surface area (Å²) < 4.78 is 37.1. The van der Waals surface area contributed by atoms with Crippen molar-refractivity contribution < 1.29 is 13.2 Å². The molecule has 0 fully saturated rings. The Morgan fingerprint density at radius 1 is 1.29 bits per heavy atom. The van der Waals surface area contributed by atoms with Crippen molar-refractivity contribution in [1.29, 1.82) is 0 Å². The first kappa shape index (κ1) is 13.0. The van der Waals surface area contributed by atoms with Gasteiger partial charge in [-0.3, -0.25) is 0 Å². The third kappa shape index (κ3) is 3.03. The van der Waals surface area contributed by atoms with E-state index in [2.05, 4.69) is 0 Å². The zero-order valence-corrected chi connectivity index (χ0v) is 8.23. The van der Waals surface area contributed by atoms with E-state index in [4.69, 9.17) is 5.73 Å². The number of halogens is 3. The molecule has 1 aromatic carbocycles. The lowest BCUT2D eigenvalue weighted by Gasteiger charge is -2.04. The van der Waals surface area contributed by atoms with Crippen LogP contribution in [0, 0.1) is 5.82 Å². The normalized spacial score (nSPS) is 9.64. The van der Waals surface area contributed by atoms with Crippen molar-refractivity contribution in [3.8, 4) is 0 Å². The SMILES string of the molecule is CC.NCc1cccc(C(F)F)c1F. The minimum atomic E-state index is -2.78. The third-order valence-electron chi connectivity index (χ3n) is 1.56. The van der Waals surface area contributed by atoms with Crippen LogP contribution < -0.4 is 5.73 Å². The Morgan fingerprint density at radius 3 is 2.29 bits per heavy atom. The first-order valence-corrected chi connectivity index (χ1v) is 4.42. The summed E-state index contributed by atoms with van der Waals surface area (Å²) in [5.74, 6) is -0.894. The van der Waals surface area contributed by atoms with Gasteiger partial charge in [0, 0.05) is 12.1 Å². The third-order valence-corrected chi connectivity index (χ3v) is 1.56. The average molecular weight is 205 g/mol. The molecule has 1 aromatic rings. The molecule has 0 aliphatic heterocycles. The van der Waals surface area contributed by atoms with Gasteiger partial charge in [-0.15, -0.1) is 0 Å². The fourth-order valence-corrected chi connectivity index (χ4v) is 0.926. The number of nitrogens with two attached hydrogens (primary N) is 1. The van der Waals surface area contributed by atoms with E-state index in [1.165, 1.54) is 12.1 Å². The monoisotopic (exact) mass is 205 g/mol. The van der Waals surface area contributed by atoms with E-state index >= 15 is 0 Å². The maximum Gasteiger partial charge on any atom is 0.266 e. The molecule has 0 radical (unpaired) electrons. The summed E-state index contributed by atoms with van der Waals surface area (Å²) in [6.45, 7) is 3.94. The fourth-order valence-electron chi connectivity index (χ4n) is 0.926. The topological polar surface area (TPSA) is 26.0 Å². The van der Waals surface area contributed by atoms with Gasteiger partial charge in [-0.1, -0.05) is 32.0 Å². The van der Waals surface area contributed by atoms with Gasteiger partial charge in [-0.25, -0.2) is 13.2 Å². The summed E-state index contributed by atoms with van der Waals surface area (Å²) >= 11 is 0. The highest BCUT2D eigenvalue weighted by molar-refractivity contribution is 5.26. The molecule has 0 amide bonds. The van der Waals surface area contributed by atoms with Gasteiger partial charge in [0.1, 0.15) is 5.82 Å². The molecule has 1 rings (SSSR count). The lowest BCUT2D eigenvalue weighted by Crippen LogP contribution is -2.02. The molecule has 0 unspecified atom stereocenters. The van der Waals surface area contributed by atoms with Crippen molar-refractivity contribution >= 4 is 0 Å². The molecule has 80 valence electrons. The Bertz CT molecular complexity index is 274. The van der Waals surface area contributed by atoms with Gasteiger partial charge in [0.25, 0.3) is 6.43 Å². The molecule has 0 aliphatic carbocycles. The number of hydrogen-bond acceptors (Lipinski definition) is 1. The van der Waals surface area contributed by atoms with Gasteiger partial charge in [-0.05, 0) is 0 Å². The van der Waals surface area contributed by atoms with Gasteiger partial charge in [0.05, 0.1) is 5.56 Å². The first-order valence-electron chi connectivity index (χ1n) is 4.42. The van der Waals surface area contributed by atoms with Gasteiger partial charge < -0.3 is 5.73 Å². The molecule has 0 saturated carbocycles. The van der Waals surface area contributed by atoms with Crippen LogP contribution in [0.25, 0.3) is 0 Å². The van der Waals surface area contributed by atoms with Crippen LogP contribution >= 0.6 is 0 Å². The van der Waals surface area contributed by atoms with Crippen LogP contribution in [-0.2, 0) is 6.54 Å². The highest BCUT2D eigenvalue weighted by Gasteiger charge is 2.14. The van der Waals surface area contributed by atoms with Crippen molar-refractivity contribution in [2.24, 2.45) is 5.73 Å². The van der Waals surface area contributed by atoms with Crippen molar-refractivity contribution in [2.45, 2.75) is 26.8 Å². The Morgan fingerprint density at radius 2 is 1.86 bits per heavy atom. The molecule has 1 nitrogen and oxygen atoms in total. The van der Waals surface area contributed by atoms with Crippen LogP contribution in [0.5, 0.6) is 0 Å². The maximum absolute atomic E-state index is 13.0. The van der Waals surface area contributed by atoms with Crippen molar-refractivity contribution in [1.82, 2.24) is 0 Å². The number of hydrogen-bond donors (Lipinski definition) is 1. The summed E-state index contributed by atoms with van der Waals surface area (Å²) in [5, 5.41) is 0. The van der Waals surface area contributed by atoms with Crippen LogP contribution in [0.2, 0.25) is 0 Å². The highest BCUT2D eigenvalue weighted by Crippen LogP contribution is 2.23. The first-order chi connectivity index (χ1) is 6.66. The molecule has 0 heterocycles. The minimum absolute atomic E-state index is 0.0631. The van der Waals surface area contributed by atoms with Crippen molar-refractivity contribution in [2.75, 3.05) is 0 Å². The van der Waals surface area contributed by atoms with E-state index in [0.29, 0.717) is 0 Å². The van der Waals surface area contributed by atoms with E-state index in [1.54, 1.807) is 0 Å². The predicted molar refractivity (Wildman–Crippen MR) is 50.6 cm³/mol. The molecule has 2 N–H and O–H groups in total. The van der Waals surface area contributed by atoms with E-state index in [-0.39, 0.29) is 12.1 Å². The van der Waals surface area contributed by atoms with Crippen LogP contribution in [0.1, 0.15) is 31.4 Å². The molecule has 14 heavy (non-hydrogen) atoms. The van der Waals surface area contributed by atoms with E-state index in [9.17, 15) is 13.2 Å². The zero-order valence-electron chi connectivity index (χ0n) is 8.23. The molecule has 0 aliphatic rings. The second kappa shape index (κ2) is 6.43. The van der Waals surface area contributed by atoms with Gasteiger partial charge in [0.15, 0.2) is 0 Å². The molecule has 0 atom stereocenters. The number of alkyl halides is 2. The fraction of sp³-hybridized carbons (Fsp3) is 0.400. The van der Waals surface area contributed by atoms with Crippen LogP contribution in [0.3, 0.4) is 0 Å². The summed E-state index contributed by atoms with van der Waals surface area (Å²) in [7, 11) is 0. The van der Waals surface area contributed by atoms with Crippen LogP contribution in [0.15, 0.2) is 18.2 Å². The standard InChI is InChI=1S/C8H8F3N.C2H6/c9-7-5(4-12)2-1-3-6(7)8(10)11;1-2/h1-3,8H,4,12H2;1-2H3. The second-order valence-electron chi connectivity index (χ2n) is 2.33. The molecular formula is C10H14F3N. The van der Waals surface area contributed by atoms with Crippen molar-refractivity contribution in [3.05, 3.63) is 35.1 Å². The Hall–Kier alpha value is -1.03. The van der Waals surface area contributed by atoms with Crippen molar-refractivity contribution in [3.63, 3.8) is 0 Å². The predicted octanol–water partition coefficient (Wildman–Crippen LogP) is 3.25. The Kier molecular flexibility index (Phi) is 5.95. The Labute approximate surface area is 81.7 Å². The minimum Gasteiger partial charge on any atom is -0.326 e. The second-order valence-corrected chi connectivity index (χ2v) is 2.33. The molecule has 0 spiro atoms. The summed E-state index contributed by atoms with van der Waals surface area (Å²) in [6, 6.07) is 3.81. The smallest absolute Gasteiger partial charge is 0.266 e. The van der Waals surface area contributed by atoms with E-state index in [0.717, 1.165) is 6.07 Å². The van der Waals surface area contributed by atoms with E-state index < -0.39 is 17.8 Å². The molecular weight excluding hydrogens is 191 g/mol. The average Bonchev–Trinajstić information content (AvgIpc) is 2.21. The van der Waals surface area contributed by atoms with Crippen LogP contribution in [-0.4, -0.2) is 0 Å². The molecule has 4 heteroatoms. The van der Waals surface area contributed by atoms with Gasteiger partial charge in [0.2, 0.25) is 0 Å². The van der Waals surface area contributed by atoms with Crippen LogP contribution in [0.4, 0.5) is 13.2 Å². The lowest BCUT2D eigenvalue weighted by atomic mass is 10.1. The Balaban J connectivity index is 0.000000791. The quantitative estimate of drug-likeness (QED) is 0.788. The highest BCUT2D eigenvalue weighted by atomic mass is 19.3. The molecule has 0 bridgehead atoms. The molecule has 0 saturated heterocycles. The largest absolute Gasteiger partial charge is 0.326 e. The lowest BCUT2D eigenvalue weighted by molar-refractivity contribution is 0.146.